The SMILES string of the molecule is CSCCCCNc1snc(Cl)c1C#N. The molecule has 1 N–H and O–H groups in total. The standard InChI is InChI=1S/C9H12ClN3S2/c1-14-5-3-2-4-12-9-7(6-11)8(10)13-15-9/h12H,2-5H2,1H3. The number of halogens is 1. The maximum atomic E-state index is 8.82. The number of hydrogen-bond acceptors (Lipinski definition) is 5. The molecule has 0 bridgehead atoms. The second-order valence-electron chi connectivity index (χ2n) is 2.92. The van der Waals surface area contributed by atoms with Crippen molar-refractivity contribution in [3.05, 3.63) is 10.7 Å². The first-order valence-electron chi connectivity index (χ1n) is 4.57. The van der Waals surface area contributed by atoms with Gasteiger partial charge in [-0.3, -0.25) is 0 Å². The van der Waals surface area contributed by atoms with Crippen molar-refractivity contribution in [2.75, 3.05) is 23.9 Å². The Hall–Kier alpha value is -0.440. The van der Waals surface area contributed by atoms with Crippen LogP contribution in [0.4, 0.5) is 5.00 Å². The molecule has 1 aromatic rings. The number of anilines is 1. The van der Waals surface area contributed by atoms with Gasteiger partial charge in [0.05, 0.1) is 0 Å². The highest BCUT2D eigenvalue weighted by Gasteiger charge is 2.10. The predicted molar refractivity (Wildman–Crippen MR) is 67.9 cm³/mol. The van der Waals surface area contributed by atoms with Crippen LogP contribution in [0.3, 0.4) is 0 Å². The minimum absolute atomic E-state index is 0.300. The highest BCUT2D eigenvalue weighted by Crippen LogP contribution is 2.27. The van der Waals surface area contributed by atoms with Crippen LogP contribution in [0, 0.1) is 11.3 Å². The van der Waals surface area contributed by atoms with E-state index in [-0.39, 0.29) is 0 Å². The maximum Gasteiger partial charge on any atom is 0.162 e. The molecular weight excluding hydrogens is 250 g/mol. The van der Waals surface area contributed by atoms with Gasteiger partial charge < -0.3 is 5.32 Å². The summed E-state index contributed by atoms with van der Waals surface area (Å²) in [6, 6.07) is 2.05. The third kappa shape index (κ3) is 3.90. The summed E-state index contributed by atoms with van der Waals surface area (Å²) in [5.74, 6) is 1.18. The maximum absolute atomic E-state index is 8.82. The first-order chi connectivity index (χ1) is 7.29. The number of nitriles is 1. The lowest BCUT2D eigenvalue weighted by Crippen LogP contribution is -2.01. The number of nitrogens with one attached hydrogen (secondary N) is 1. The molecule has 0 fully saturated rings. The molecule has 3 nitrogen and oxygen atoms in total. The molecule has 0 radical (unpaired) electrons. The molecule has 15 heavy (non-hydrogen) atoms. The molecule has 0 saturated carbocycles. The van der Waals surface area contributed by atoms with Crippen LogP contribution in [0.1, 0.15) is 18.4 Å². The summed E-state index contributed by atoms with van der Waals surface area (Å²) >= 11 is 8.83. The molecule has 1 aromatic heterocycles. The van der Waals surface area contributed by atoms with Gasteiger partial charge in [-0.1, -0.05) is 11.6 Å². The van der Waals surface area contributed by atoms with Crippen LogP contribution in [-0.2, 0) is 0 Å². The van der Waals surface area contributed by atoms with Gasteiger partial charge in [0.2, 0.25) is 0 Å². The third-order valence-corrected chi connectivity index (χ3v) is 3.70. The van der Waals surface area contributed by atoms with E-state index in [2.05, 4.69) is 15.9 Å². The zero-order chi connectivity index (χ0) is 11.1. The Bertz CT molecular complexity index is 346. The van der Waals surface area contributed by atoms with Gasteiger partial charge in [-0.25, -0.2) is 0 Å². The van der Waals surface area contributed by atoms with Crippen molar-refractivity contribution in [2.24, 2.45) is 0 Å². The van der Waals surface area contributed by atoms with Crippen LogP contribution in [0.2, 0.25) is 5.15 Å². The van der Waals surface area contributed by atoms with Crippen LogP contribution in [-0.4, -0.2) is 22.9 Å². The molecule has 0 spiro atoms. The van der Waals surface area contributed by atoms with Crippen molar-refractivity contribution in [2.45, 2.75) is 12.8 Å². The van der Waals surface area contributed by atoms with E-state index in [1.165, 1.54) is 23.7 Å². The van der Waals surface area contributed by atoms with Crippen molar-refractivity contribution >= 4 is 39.9 Å². The van der Waals surface area contributed by atoms with Gasteiger partial charge in [-0.2, -0.15) is 21.4 Å². The highest BCUT2D eigenvalue weighted by atomic mass is 35.5. The van der Waals surface area contributed by atoms with Crippen LogP contribution < -0.4 is 5.32 Å². The lowest BCUT2D eigenvalue weighted by molar-refractivity contribution is 0.845. The molecular formula is C9H12ClN3S2. The van der Waals surface area contributed by atoms with Gasteiger partial charge in [-0.05, 0) is 36.4 Å². The average Bonchev–Trinajstić information content (AvgIpc) is 2.59. The first-order valence-corrected chi connectivity index (χ1v) is 7.12. The van der Waals surface area contributed by atoms with E-state index in [0.717, 1.165) is 18.0 Å². The normalized spacial score (nSPS) is 9.93. The van der Waals surface area contributed by atoms with Crippen LogP contribution in [0.5, 0.6) is 0 Å². The van der Waals surface area contributed by atoms with Crippen molar-refractivity contribution in [3.63, 3.8) is 0 Å². The summed E-state index contributed by atoms with van der Waals surface area (Å²) in [5.41, 5.74) is 0.464. The van der Waals surface area contributed by atoms with E-state index in [1.54, 1.807) is 0 Å². The topological polar surface area (TPSA) is 48.7 Å². The van der Waals surface area contributed by atoms with Crippen LogP contribution in [0.15, 0.2) is 0 Å². The highest BCUT2D eigenvalue weighted by molar-refractivity contribution is 7.98. The monoisotopic (exact) mass is 261 g/mol. The number of nitrogens with zero attached hydrogens (tertiary/aromatic N) is 2. The Kier molecular flexibility index (Phi) is 5.84. The molecule has 6 heteroatoms. The van der Waals surface area contributed by atoms with Gasteiger partial charge in [0.15, 0.2) is 5.15 Å². The molecule has 1 rings (SSSR count). The third-order valence-electron chi connectivity index (χ3n) is 1.82. The number of hydrogen-bond donors (Lipinski definition) is 1. The van der Waals surface area contributed by atoms with E-state index in [0.29, 0.717) is 10.7 Å². The molecule has 0 unspecified atom stereocenters. The van der Waals surface area contributed by atoms with Crippen LogP contribution >= 0.6 is 34.9 Å². The molecule has 0 atom stereocenters. The van der Waals surface area contributed by atoms with Gasteiger partial charge in [0.1, 0.15) is 16.6 Å². The van der Waals surface area contributed by atoms with Crippen LogP contribution in [0.25, 0.3) is 0 Å². The largest absolute Gasteiger partial charge is 0.375 e. The van der Waals surface area contributed by atoms with Crippen molar-refractivity contribution in [1.82, 2.24) is 4.37 Å². The smallest absolute Gasteiger partial charge is 0.162 e. The van der Waals surface area contributed by atoms with Gasteiger partial charge in [0.25, 0.3) is 0 Å². The number of unbranched alkanes of at least 4 members (excludes halogenated alkanes) is 1. The summed E-state index contributed by atoms with van der Waals surface area (Å²) in [6.45, 7) is 0.869. The van der Waals surface area contributed by atoms with E-state index in [9.17, 15) is 0 Å². The Labute approximate surface area is 103 Å². The molecule has 82 valence electrons. The van der Waals surface area contributed by atoms with E-state index in [4.69, 9.17) is 16.9 Å². The van der Waals surface area contributed by atoms with E-state index < -0.39 is 0 Å². The van der Waals surface area contributed by atoms with Crippen molar-refractivity contribution in [3.8, 4) is 6.07 Å². The lowest BCUT2D eigenvalue weighted by atomic mass is 10.3. The summed E-state index contributed by atoms with van der Waals surface area (Å²) in [5, 5.41) is 13.1. The molecule has 0 aliphatic rings. The fourth-order valence-electron chi connectivity index (χ4n) is 1.06. The number of aromatic nitrogens is 1. The number of thioether (sulfide) groups is 1. The van der Waals surface area contributed by atoms with Gasteiger partial charge in [0, 0.05) is 6.54 Å². The fraction of sp³-hybridized carbons (Fsp3) is 0.556. The fourth-order valence-corrected chi connectivity index (χ4v) is 2.51. The Balaban J connectivity index is 2.35. The lowest BCUT2D eigenvalue weighted by Gasteiger charge is -2.02. The number of rotatable bonds is 6. The first kappa shape index (κ1) is 12.6. The summed E-state index contributed by atoms with van der Waals surface area (Å²) in [7, 11) is 0. The van der Waals surface area contributed by atoms with Gasteiger partial charge in [-0.15, -0.1) is 0 Å². The Morgan fingerprint density at radius 1 is 1.60 bits per heavy atom. The molecule has 0 saturated heterocycles. The average molecular weight is 262 g/mol. The quantitative estimate of drug-likeness (QED) is 0.799. The van der Waals surface area contributed by atoms with Crippen molar-refractivity contribution < 1.29 is 0 Å². The molecule has 0 amide bonds. The minimum atomic E-state index is 0.300. The molecule has 0 aliphatic heterocycles. The zero-order valence-corrected chi connectivity index (χ0v) is 10.8. The summed E-state index contributed by atoms with van der Waals surface area (Å²) in [6.07, 6.45) is 4.38. The molecule has 1 heterocycles. The van der Waals surface area contributed by atoms with E-state index >= 15 is 0 Å². The minimum Gasteiger partial charge on any atom is -0.375 e. The predicted octanol–water partition coefficient (Wildman–Crippen LogP) is 3.22. The van der Waals surface area contributed by atoms with Crippen molar-refractivity contribution in [1.29, 1.82) is 5.26 Å². The van der Waals surface area contributed by atoms with Gasteiger partial charge >= 0.3 is 0 Å². The summed E-state index contributed by atoms with van der Waals surface area (Å²) in [4.78, 5) is 0. The van der Waals surface area contributed by atoms with E-state index in [1.807, 2.05) is 17.8 Å². The summed E-state index contributed by atoms with van der Waals surface area (Å²) < 4.78 is 3.92. The zero-order valence-electron chi connectivity index (χ0n) is 8.42. The molecule has 0 aromatic carbocycles. The second kappa shape index (κ2) is 6.94. The Morgan fingerprint density at radius 2 is 2.40 bits per heavy atom. The molecule has 0 aliphatic carbocycles. The second-order valence-corrected chi connectivity index (χ2v) is 5.03. The Morgan fingerprint density at radius 3 is 3.07 bits per heavy atom.